The van der Waals surface area contributed by atoms with Gasteiger partial charge in [0.05, 0.1) is 12.2 Å². The highest BCUT2D eigenvalue weighted by Gasteiger charge is 2.50. The minimum absolute atomic E-state index is 0.143. The summed E-state index contributed by atoms with van der Waals surface area (Å²) in [5, 5.41) is 23.7. The summed E-state index contributed by atoms with van der Waals surface area (Å²) in [6.45, 7) is 1.90. The molecule has 3 nitrogen and oxygen atoms in total. The number of aliphatic hydroxyl groups is 2. The van der Waals surface area contributed by atoms with Crippen LogP contribution >= 0.6 is 11.8 Å². The normalized spacial score (nSPS) is 30.0. The van der Waals surface area contributed by atoms with E-state index >= 15 is 0 Å². The van der Waals surface area contributed by atoms with Gasteiger partial charge in [-0.25, -0.2) is 0 Å². The Morgan fingerprint density at radius 3 is 2.20 bits per heavy atom. The van der Waals surface area contributed by atoms with E-state index in [0.29, 0.717) is 0 Å². The molecular formula is C11H21NO2S. The lowest BCUT2D eigenvalue weighted by Gasteiger charge is -2.50. The van der Waals surface area contributed by atoms with Gasteiger partial charge >= 0.3 is 0 Å². The van der Waals surface area contributed by atoms with Gasteiger partial charge in [-0.2, -0.15) is 11.8 Å². The average molecular weight is 231 g/mol. The molecule has 2 aliphatic rings. The Bertz CT molecular complexity index is 211. The van der Waals surface area contributed by atoms with Gasteiger partial charge in [0.1, 0.15) is 0 Å². The first-order valence-corrected chi connectivity index (χ1v) is 7.00. The lowest BCUT2D eigenvalue weighted by atomic mass is 9.64. The van der Waals surface area contributed by atoms with Crippen molar-refractivity contribution in [1.29, 1.82) is 0 Å². The van der Waals surface area contributed by atoms with Crippen molar-refractivity contribution in [3.63, 3.8) is 0 Å². The molecule has 0 aliphatic carbocycles. The van der Waals surface area contributed by atoms with Crippen molar-refractivity contribution in [2.24, 2.45) is 5.41 Å². The zero-order valence-electron chi connectivity index (χ0n) is 9.17. The van der Waals surface area contributed by atoms with Crippen LogP contribution in [0.4, 0.5) is 0 Å². The molecule has 88 valence electrons. The van der Waals surface area contributed by atoms with E-state index in [2.05, 4.69) is 5.32 Å². The van der Waals surface area contributed by atoms with E-state index in [9.17, 15) is 10.2 Å². The summed E-state index contributed by atoms with van der Waals surface area (Å²) in [6.07, 6.45) is 3.51. The van der Waals surface area contributed by atoms with Gasteiger partial charge in [-0.05, 0) is 50.3 Å². The SMILES string of the molecule is OCC1(C2(O)CCNCC2)CCSCC1. The van der Waals surface area contributed by atoms with E-state index in [1.54, 1.807) is 0 Å². The van der Waals surface area contributed by atoms with E-state index < -0.39 is 5.60 Å². The highest BCUT2D eigenvalue weighted by atomic mass is 32.2. The Morgan fingerprint density at radius 2 is 1.67 bits per heavy atom. The highest BCUT2D eigenvalue weighted by molar-refractivity contribution is 7.99. The smallest absolute Gasteiger partial charge is 0.0750 e. The fourth-order valence-corrected chi connectivity index (χ4v) is 4.18. The number of rotatable bonds is 2. The molecule has 0 aromatic heterocycles. The molecule has 2 saturated heterocycles. The highest BCUT2D eigenvalue weighted by Crippen LogP contribution is 2.47. The first-order valence-electron chi connectivity index (χ1n) is 5.84. The fourth-order valence-electron chi connectivity index (χ4n) is 2.90. The van der Waals surface area contributed by atoms with Crippen LogP contribution in [-0.2, 0) is 0 Å². The molecule has 3 N–H and O–H groups in total. The molecule has 0 unspecified atom stereocenters. The summed E-state index contributed by atoms with van der Waals surface area (Å²) in [5.74, 6) is 2.16. The predicted molar refractivity (Wildman–Crippen MR) is 63.1 cm³/mol. The fraction of sp³-hybridized carbons (Fsp3) is 1.00. The summed E-state index contributed by atoms with van der Waals surface area (Å²) >= 11 is 1.94. The molecule has 2 rings (SSSR count). The molecule has 0 bridgehead atoms. The van der Waals surface area contributed by atoms with Crippen LogP contribution < -0.4 is 5.32 Å². The Kier molecular flexibility index (Phi) is 3.60. The third-order valence-electron chi connectivity index (χ3n) is 4.17. The van der Waals surface area contributed by atoms with Gasteiger partial charge in [0.2, 0.25) is 0 Å². The summed E-state index contributed by atoms with van der Waals surface area (Å²) in [5.41, 5.74) is -0.853. The summed E-state index contributed by atoms with van der Waals surface area (Å²) in [4.78, 5) is 0. The second-order valence-electron chi connectivity index (χ2n) is 4.83. The number of aliphatic hydroxyl groups excluding tert-OH is 1. The van der Waals surface area contributed by atoms with Crippen LogP contribution in [0, 0.1) is 5.41 Å². The minimum Gasteiger partial charge on any atom is -0.396 e. The summed E-state index contributed by atoms with van der Waals surface area (Å²) < 4.78 is 0. The quantitative estimate of drug-likeness (QED) is 0.652. The van der Waals surface area contributed by atoms with Crippen LogP contribution in [0.1, 0.15) is 25.7 Å². The van der Waals surface area contributed by atoms with Gasteiger partial charge in [0.15, 0.2) is 0 Å². The second-order valence-corrected chi connectivity index (χ2v) is 6.06. The molecule has 2 aliphatic heterocycles. The van der Waals surface area contributed by atoms with E-state index in [4.69, 9.17) is 0 Å². The Balaban J connectivity index is 2.15. The monoisotopic (exact) mass is 231 g/mol. The topological polar surface area (TPSA) is 52.5 Å². The molecule has 0 radical (unpaired) electrons. The molecule has 0 spiro atoms. The van der Waals surface area contributed by atoms with Crippen molar-refractivity contribution in [2.75, 3.05) is 31.2 Å². The van der Waals surface area contributed by atoms with Crippen LogP contribution in [0.3, 0.4) is 0 Å². The number of thioether (sulfide) groups is 1. The van der Waals surface area contributed by atoms with Crippen LogP contribution in [0.2, 0.25) is 0 Å². The maximum absolute atomic E-state index is 10.7. The standard InChI is InChI=1S/C11H21NO2S/c13-9-10(3-7-15-8-4-10)11(14)1-5-12-6-2-11/h12-14H,1-9H2. The van der Waals surface area contributed by atoms with Crippen molar-refractivity contribution >= 4 is 11.8 Å². The first kappa shape index (κ1) is 11.7. The third kappa shape index (κ3) is 2.05. The molecule has 2 heterocycles. The molecule has 0 amide bonds. The van der Waals surface area contributed by atoms with E-state index in [1.165, 1.54) is 0 Å². The van der Waals surface area contributed by atoms with Crippen molar-refractivity contribution in [1.82, 2.24) is 5.32 Å². The molecule has 2 fully saturated rings. The van der Waals surface area contributed by atoms with Crippen LogP contribution in [-0.4, -0.2) is 47.0 Å². The maximum Gasteiger partial charge on any atom is 0.0750 e. The molecule has 0 atom stereocenters. The van der Waals surface area contributed by atoms with Crippen molar-refractivity contribution in [2.45, 2.75) is 31.3 Å². The van der Waals surface area contributed by atoms with Gasteiger partial charge < -0.3 is 15.5 Å². The molecular weight excluding hydrogens is 210 g/mol. The van der Waals surface area contributed by atoms with Crippen LogP contribution in [0.5, 0.6) is 0 Å². The van der Waals surface area contributed by atoms with Gasteiger partial charge in [-0.3, -0.25) is 0 Å². The summed E-state index contributed by atoms with van der Waals surface area (Å²) in [7, 11) is 0. The predicted octanol–water partition coefficient (Wildman–Crippen LogP) is 0.607. The van der Waals surface area contributed by atoms with Crippen LogP contribution in [0.15, 0.2) is 0 Å². The molecule has 0 aromatic rings. The lowest BCUT2D eigenvalue weighted by Crippen LogP contribution is -2.57. The zero-order valence-corrected chi connectivity index (χ0v) is 9.98. The second kappa shape index (κ2) is 4.62. The van der Waals surface area contributed by atoms with E-state index in [0.717, 1.165) is 50.3 Å². The van der Waals surface area contributed by atoms with Gasteiger partial charge in [0.25, 0.3) is 0 Å². The molecule has 4 heteroatoms. The summed E-state index contributed by atoms with van der Waals surface area (Å²) in [6, 6.07) is 0. The molecule has 15 heavy (non-hydrogen) atoms. The van der Waals surface area contributed by atoms with Gasteiger partial charge in [-0.15, -0.1) is 0 Å². The minimum atomic E-state index is -0.631. The number of nitrogens with one attached hydrogen (secondary N) is 1. The molecule has 0 aromatic carbocycles. The number of hydrogen-bond donors (Lipinski definition) is 3. The van der Waals surface area contributed by atoms with Gasteiger partial charge in [-0.1, -0.05) is 0 Å². The largest absolute Gasteiger partial charge is 0.396 e. The van der Waals surface area contributed by atoms with Crippen molar-refractivity contribution < 1.29 is 10.2 Å². The van der Waals surface area contributed by atoms with Gasteiger partial charge in [0, 0.05) is 5.41 Å². The molecule has 0 saturated carbocycles. The average Bonchev–Trinajstić information content (AvgIpc) is 2.31. The first-order chi connectivity index (χ1) is 7.22. The zero-order chi connectivity index (χ0) is 10.8. The Labute approximate surface area is 95.6 Å². The van der Waals surface area contributed by atoms with Crippen molar-refractivity contribution in [3.8, 4) is 0 Å². The van der Waals surface area contributed by atoms with Crippen LogP contribution in [0.25, 0.3) is 0 Å². The Morgan fingerprint density at radius 1 is 1.07 bits per heavy atom. The van der Waals surface area contributed by atoms with E-state index in [-0.39, 0.29) is 12.0 Å². The lowest BCUT2D eigenvalue weighted by molar-refractivity contribution is -0.131. The number of piperidine rings is 1. The van der Waals surface area contributed by atoms with E-state index in [1.807, 2.05) is 11.8 Å². The third-order valence-corrected chi connectivity index (χ3v) is 5.16. The Hall–Kier alpha value is 0.230. The van der Waals surface area contributed by atoms with Crippen molar-refractivity contribution in [3.05, 3.63) is 0 Å². The number of hydrogen-bond acceptors (Lipinski definition) is 4. The maximum atomic E-state index is 10.7.